The molecule has 2 heteroatoms. The molecular formula is C20H26O2. The predicted octanol–water partition coefficient (Wildman–Crippen LogP) is 5.06. The van der Waals surface area contributed by atoms with Crippen molar-refractivity contribution in [1.82, 2.24) is 0 Å². The van der Waals surface area contributed by atoms with E-state index in [2.05, 4.69) is 12.1 Å². The van der Waals surface area contributed by atoms with Gasteiger partial charge in [-0.1, -0.05) is 37.1 Å². The van der Waals surface area contributed by atoms with Crippen molar-refractivity contribution in [3.05, 3.63) is 58.7 Å². The zero-order valence-corrected chi connectivity index (χ0v) is 13.6. The van der Waals surface area contributed by atoms with E-state index >= 15 is 0 Å². The van der Waals surface area contributed by atoms with Crippen LogP contribution in [-0.2, 0) is 12.8 Å². The molecule has 0 heterocycles. The van der Waals surface area contributed by atoms with Gasteiger partial charge in [-0.2, -0.15) is 0 Å². The summed E-state index contributed by atoms with van der Waals surface area (Å²) in [5, 5.41) is 19.0. The highest BCUT2D eigenvalue weighted by Crippen LogP contribution is 2.20. The van der Waals surface area contributed by atoms with Gasteiger partial charge in [0.15, 0.2) is 0 Å². The Balaban J connectivity index is 1.65. The Morgan fingerprint density at radius 3 is 1.41 bits per heavy atom. The first kappa shape index (κ1) is 16.4. The van der Waals surface area contributed by atoms with E-state index in [0.717, 1.165) is 24.0 Å². The minimum absolute atomic E-state index is 0.382. The van der Waals surface area contributed by atoms with Gasteiger partial charge < -0.3 is 10.2 Å². The Kier molecular flexibility index (Phi) is 5.88. The average molecular weight is 298 g/mol. The Labute approximate surface area is 133 Å². The highest BCUT2D eigenvalue weighted by atomic mass is 16.3. The standard InChI is InChI=1S/C20H26O2/c1-15-13-17(9-11-19(15)21)7-5-3-4-6-8-18-10-12-20(22)16(2)14-18/h9-14,21-22H,3-8H2,1-2H3. The van der Waals surface area contributed by atoms with E-state index in [-0.39, 0.29) is 0 Å². The zero-order chi connectivity index (χ0) is 15.9. The van der Waals surface area contributed by atoms with Gasteiger partial charge in [0.05, 0.1) is 0 Å². The van der Waals surface area contributed by atoms with Crippen LogP contribution in [0, 0.1) is 13.8 Å². The third-order valence-electron chi connectivity index (χ3n) is 4.20. The van der Waals surface area contributed by atoms with E-state index < -0.39 is 0 Å². The smallest absolute Gasteiger partial charge is 0.118 e. The number of aryl methyl sites for hydroxylation is 4. The Hall–Kier alpha value is -1.96. The number of hydrogen-bond donors (Lipinski definition) is 2. The van der Waals surface area contributed by atoms with E-state index in [1.54, 1.807) is 12.1 Å². The highest BCUT2D eigenvalue weighted by molar-refractivity contribution is 5.35. The van der Waals surface area contributed by atoms with Crippen molar-refractivity contribution < 1.29 is 10.2 Å². The lowest BCUT2D eigenvalue weighted by atomic mass is 10.0. The normalized spacial score (nSPS) is 10.8. The second-order valence-electron chi connectivity index (χ2n) is 6.16. The Morgan fingerprint density at radius 2 is 1.05 bits per heavy atom. The molecule has 0 atom stereocenters. The zero-order valence-electron chi connectivity index (χ0n) is 13.6. The number of hydrogen-bond acceptors (Lipinski definition) is 2. The largest absolute Gasteiger partial charge is 0.508 e. The molecule has 0 unspecified atom stereocenters. The van der Waals surface area contributed by atoms with E-state index in [9.17, 15) is 10.2 Å². The molecule has 0 aromatic heterocycles. The molecule has 0 bridgehead atoms. The summed E-state index contributed by atoms with van der Waals surface area (Å²) < 4.78 is 0. The fraction of sp³-hybridized carbons (Fsp3) is 0.400. The Morgan fingerprint density at radius 1 is 0.636 bits per heavy atom. The van der Waals surface area contributed by atoms with Gasteiger partial charge in [0, 0.05) is 0 Å². The van der Waals surface area contributed by atoms with Crippen LogP contribution in [0.3, 0.4) is 0 Å². The molecule has 0 radical (unpaired) electrons. The quantitative estimate of drug-likeness (QED) is 0.701. The summed E-state index contributed by atoms with van der Waals surface area (Å²) in [6.07, 6.45) is 7.02. The number of unbranched alkanes of at least 4 members (excludes halogenated alkanes) is 3. The molecule has 2 N–H and O–H groups in total. The van der Waals surface area contributed by atoms with E-state index in [1.165, 1.54) is 36.8 Å². The third-order valence-corrected chi connectivity index (χ3v) is 4.20. The molecule has 118 valence electrons. The average Bonchev–Trinajstić information content (AvgIpc) is 2.50. The molecule has 2 rings (SSSR count). The molecule has 0 aliphatic carbocycles. The number of rotatable bonds is 7. The molecule has 2 nitrogen and oxygen atoms in total. The fourth-order valence-corrected chi connectivity index (χ4v) is 2.76. The first-order valence-corrected chi connectivity index (χ1v) is 8.13. The van der Waals surface area contributed by atoms with Crippen LogP contribution >= 0.6 is 0 Å². The van der Waals surface area contributed by atoms with Gasteiger partial charge in [-0.15, -0.1) is 0 Å². The van der Waals surface area contributed by atoms with Crippen LogP contribution in [0.5, 0.6) is 11.5 Å². The molecule has 0 saturated heterocycles. The van der Waals surface area contributed by atoms with Gasteiger partial charge >= 0.3 is 0 Å². The van der Waals surface area contributed by atoms with Crippen molar-refractivity contribution in [1.29, 1.82) is 0 Å². The van der Waals surface area contributed by atoms with Crippen molar-refractivity contribution in [3.63, 3.8) is 0 Å². The van der Waals surface area contributed by atoms with Gasteiger partial charge in [-0.25, -0.2) is 0 Å². The maximum atomic E-state index is 9.51. The molecule has 0 fully saturated rings. The van der Waals surface area contributed by atoms with Crippen LogP contribution in [0.2, 0.25) is 0 Å². The first-order chi connectivity index (χ1) is 10.6. The molecule has 0 saturated carbocycles. The maximum absolute atomic E-state index is 9.51. The molecular weight excluding hydrogens is 272 g/mol. The van der Waals surface area contributed by atoms with Crippen molar-refractivity contribution in [3.8, 4) is 11.5 Å². The summed E-state index contributed by atoms with van der Waals surface area (Å²) in [7, 11) is 0. The Bertz CT molecular complexity index is 562. The van der Waals surface area contributed by atoms with Crippen LogP contribution in [0.15, 0.2) is 36.4 Å². The lowest BCUT2D eigenvalue weighted by Gasteiger charge is -2.06. The van der Waals surface area contributed by atoms with Crippen LogP contribution in [0.4, 0.5) is 0 Å². The summed E-state index contributed by atoms with van der Waals surface area (Å²) in [6, 6.07) is 11.8. The summed E-state index contributed by atoms with van der Waals surface area (Å²) in [6.45, 7) is 3.89. The number of phenolic OH excluding ortho intramolecular Hbond substituents is 2. The molecule has 0 aliphatic rings. The minimum atomic E-state index is 0.382. The maximum Gasteiger partial charge on any atom is 0.118 e. The molecule has 22 heavy (non-hydrogen) atoms. The van der Waals surface area contributed by atoms with Crippen LogP contribution in [-0.4, -0.2) is 10.2 Å². The second kappa shape index (κ2) is 7.88. The number of benzene rings is 2. The van der Waals surface area contributed by atoms with Gasteiger partial charge in [-0.3, -0.25) is 0 Å². The van der Waals surface area contributed by atoms with Gasteiger partial charge in [0.1, 0.15) is 11.5 Å². The molecule has 2 aromatic rings. The number of aromatic hydroxyl groups is 2. The van der Waals surface area contributed by atoms with E-state index in [0.29, 0.717) is 11.5 Å². The van der Waals surface area contributed by atoms with Crippen molar-refractivity contribution >= 4 is 0 Å². The second-order valence-corrected chi connectivity index (χ2v) is 6.16. The summed E-state index contributed by atoms with van der Waals surface area (Å²) in [4.78, 5) is 0. The van der Waals surface area contributed by atoms with Crippen molar-refractivity contribution in [2.24, 2.45) is 0 Å². The van der Waals surface area contributed by atoms with E-state index in [1.807, 2.05) is 26.0 Å². The van der Waals surface area contributed by atoms with Gasteiger partial charge in [-0.05, 0) is 73.9 Å². The molecule has 0 aliphatic heterocycles. The number of phenols is 2. The summed E-state index contributed by atoms with van der Waals surface area (Å²) in [5.41, 5.74) is 4.54. The van der Waals surface area contributed by atoms with Crippen LogP contribution < -0.4 is 0 Å². The first-order valence-electron chi connectivity index (χ1n) is 8.13. The van der Waals surface area contributed by atoms with Gasteiger partial charge in [0.2, 0.25) is 0 Å². The summed E-state index contributed by atoms with van der Waals surface area (Å²) >= 11 is 0. The van der Waals surface area contributed by atoms with Crippen LogP contribution in [0.25, 0.3) is 0 Å². The third kappa shape index (κ3) is 4.80. The fourth-order valence-electron chi connectivity index (χ4n) is 2.76. The lowest BCUT2D eigenvalue weighted by Crippen LogP contribution is -1.90. The molecule has 0 amide bonds. The monoisotopic (exact) mass is 298 g/mol. The SMILES string of the molecule is Cc1cc(CCCCCCc2ccc(O)c(C)c2)ccc1O. The van der Waals surface area contributed by atoms with Crippen LogP contribution in [0.1, 0.15) is 47.9 Å². The van der Waals surface area contributed by atoms with E-state index in [4.69, 9.17) is 0 Å². The topological polar surface area (TPSA) is 40.5 Å². The minimum Gasteiger partial charge on any atom is -0.508 e. The summed E-state index contributed by atoms with van der Waals surface area (Å²) in [5.74, 6) is 0.765. The lowest BCUT2D eigenvalue weighted by molar-refractivity contribution is 0.470. The molecule has 0 spiro atoms. The van der Waals surface area contributed by atoms with Gasteiger partial charge in [0.25, 0.3) is 0 Å². The predicted molar refractivity (Wildman–Crippen MR) is 91.6 cm³/mol. The molecule has 2 aromatic carbocycles. The highest BCUT2D eigenvalue weighted by Gasteiger charge is 2.00. The van der Waals surface area contributed by atoms with Crippen molar-refractivity contribution in [2.75, 3.05) is 0 Å². The van der Waals surface area contributed by atoms with Crippen molar-refractivity contribution in [2.45, 2.75) is 52.4 Å².